The Morgan fingerprint density at radius 1 is 1.40 bits per heavy atom. The van der Waals surface area contributed by atoms with Crippen molar-refractivity contribution in [2.24, 2.45) is 5.73 Å². The second kappa shape index (κ2) is 3.86. The molecule has 6 heteroatoms. The highest BCUT2D eigenvalue weighted by atomic mass is 16.3. The molecule has 0 bridgehead atoms. The largest absolute Gasteiger partial charge is 0.454 e. The van der Waals surface area contributed by atoms with Crippen LogP contribution >= 0.6 is 0 Å². The maximum atomic E-state index is 11.4. The first-order valence-electron chi connectivity index (χ1n) is 6.38. The van der Waals surface area contributed by atoms with E-state index in [0.717, 1.165) is 29.5 Å². The zero-order chi connectivity index (χ0) is 13.7. The van der Waals surface area contributed by atoms with Crippen LogP contribution in [0.2, 0.25) is 0 Å². The van der Waals surface area contributed by atoms with Crippen LogP contribution in [0.4, 0.5) is 10.6 Å². The van der Waals surface area contributed by atoms with Crippen LogP contribution in [0.5, 0.6) is 0 Å². The van der Waals surface area contributed by atoms with Crippen molar-refractivity contribution in [3.8, 4) is 11.5 Å². The maximum absolute atomic E-state index is 11.4. The van der Waals surface area contributed by atoms with E-state index in [4.69, 9.17) is 10.2 Å². The third-order valence-corrected chi connectivity index (χ3v) is 3.52. The van der Waals surface area contributed by atoms with Crippen molar-refractivity contribution >= 4 is 22.8 Å². The lowest BCUT2D eigenvalue weighted by Crippen LogP contribution is -2.22. The minimum Gasteiger partial charge on any atom is -0.454 e. The minimum atomic E-state index is -0.599. The SMILES string of the molecule is NC(=O)n1nc(-c2cc3ccccc3o2)c2c1NCC2. The molecule has 1 aromatic carbocycles. The first kappa shape index (κ1) is 11.1. The number of amides is 1. The van der Waals surface area contributed by atoms with Gasteiger partial charge in [0.15, 0.2) is 5.76 Å². The quantitative estimate of drug-likeness (QED) is 0.708. The lowest BCUT2D eigenvalue weighted by Gasteiger charge is -1.99. The number of carbonyl (C=O) groups is 1. The van der Waals surface area contributed by atoms with Crippen LogP contribution in [0.25, 0.3) is 22.4 Å². The normalized spacial score (nSPS) is 13.4. The predicted molar refractivity (Wildman–Crippen MR) is 74.6 cm³/mol. The van der Waals surface area contributed by atoms with Gasteiger partial charge < -0.3 is 15.5 Å². The van der Waals surface area contributed by atoms with Crippen LogP contribution < -0.4 is 11.1 Å². The van der Waals surface area contributed by atoms with E-state index in [1.54, 1.807) is 0 Å². The molecule has 1 amide bonds. The summed E-state index contributed by atoms with van der Waals surface area (Å²) in [4.78, 5) is 11.4. The van der Waals surface area contributed by atoms with Crippen molar-refractivity contribution in [1.82, 2.24) is 9.78 Å². The lowest BCUT2D eigenvalue weighted by atomic mass is 10.1. The van der Waals surface area contributed by atoms with Crippen molar-refractivity contribution in [2.75, 3.05) is 11.9 Å². The standard InChI is InChI=1S/C14H12N4O2/c15-14(19)18-13-9(5-6-16-13)12(17-18)11-7-8-3-1-2-4-10(8)20-11/h1-4,7,16H,5-6H2,(H2,15,19). The average Bonchev–Trinajstić information content (AvgIpc) is 3.11. The Labute approximate surface area is 114 Å². The highest BCUT2D eigenvalue weighted by Crippen LogP contribution is 2.35. The van der Waals surface area contributed by atoms with E-state index in [0.29, 0.717) is 17.3 Å². The van der Waals surface area contributed by atoms with Gasteiger partial charge >= 0.3 is 6.03 Å². The number of para-hydroxylation sites is 1. The monoisotopic (exact) mass is 268 g/mol. The van der Waals surface area contributed by atoms with E-state index in [2.05, 4.69) is 10.4 Å². The molecule has 2 aromatic heterocycles. The van der Waals surface area contributed by atoms with Crippen LogP contribution in [-0.4, -0.2) is 22.4 Å². The van der Waals surface area contributed by atoms with Crippen molar-refractivity contribution < 1.29 is 9.21 Å². The molecule has 0 unspecified atom stereocenters. The fourth-order valence-electron chi connectivity index (χ4n) is 2.63. The van der Waals surface area contributed by atoms with Gasteiger partial charge in [-0.1, -0.05) is 18.2 Å². The summed E-state index contributed by atoms with van der Waals surface area (Å²) >= 11 is 0. The van der Waals surface area contributed by atoms with E-state index in [-0.39, 0.29) is 0 Å². The molecule has 3 N–H and O–H groups in total. The number of aromatic nitrogens is 2. The van der Waals surface area contributed by atoms with Gasteiger partial charge in [0, 0.05) is 17.5 Å². The summed E-state index contributed by atoms with van der Waals surface area (Å²) in [5, 5.41) is 8.42. The van der Waals surface area contributed by atoms with Gasteiger partial charge in [0.1, 0.15) is 17.1 Å². The molecule has 4 rings (SSSR count). The van der Waals surface area contributed by atoms with E-state index >= 15 is 0 Å². The van der Waals surface area contributed by atoms with Crippen molar-refractivity contribution in [2.45, 2.75) is 6.42 Å². The van der Waals surface area contributed by atoms with E-state index in [1.165, 1.54) is 4.68 Å². The fourth-order valence-corrected chi connectivity index (χ4v) is 2.63. The number of benzene rings is 1. The number of fused-ring (bicyclic) bond motifs is 2. The third-order valence-electron chi connectivity index (χ3n) is 3.52. The summed E-state index contributed by atoms with van der Waals surface area (Å²) in [5.41, 5.74) is 7.80. The van der Waals surface area contributed by atoms with Gasteiger partial charge in [0.05, 0.1) is 0 Å². The molecule has 0 atom stereocenters. The lowest BCUT2D eigenvalue weighted by molar-refractivity contribution is 0.248. The van der Waals surface area contributed by atoms with Crippen molar-refractivity contribution in [3.05, 3.63) is 35.9 Å². The Kier molecular flexibility index (Phi) is 2.14. The van der Waals surface area contributed by atoms with Gasteiger partial charge in [-0.3, -0.25) is 0 Å². The van der Waals surface area contributed by atoms with E-state index in [1.807, 2.05) is 30.3 Å². The Balaban J connectivity index is 1.94. The van der Waals surface area contributed by atoms with Gasteiger partial charge in [-0.2, -0.15) is 9.78 Å². The molecule has 0 saturated carbocycles. The minimum absolute atomic E-state index is 0.599. The highest BCUT2D eigenvalue weighted by molar-refractivity contribution is 5.86. The molecule has 1 aliphatic rings. The van der Waals surface area contributed by atoms with Crippen LogP contribution in [-0.2, 0) is 6.42 Å². The molecule has 0 fully saturated rings. The summed E-state index contributed by atoms with van der Waals surface area (Å²) in [6.45, 7) is 0.772. The number of carbonyl (C=O) groups excluding carboxylic acids is 1. The Bertz CT molecular complexity index is 798. The number of primary amides is 1. The molecule has 0 aliphatic carbocycles. The predicted octanol–water partition coefficient (Wildman–Crippen LogP) is 2.19. The zero-order valence-electron chi connectivity index (χ0n) is 10.6. The van der Waals surface area contributed by atoms with Gasteiger partial charge in [-0.25, -0.2) is 4.79 Å². The molecule has 3 heterocycles. The second-order valence-corrected chi connectivity index (χ2v) is 4.75. The Morgan fingerprint density at radius 3 is 3.05 bits per heavy atom. The smallest absolute Gasteiger partial charge is 0.341 e. The second-order valence-electron chi connectivity index (χ2n) is 4.75. The van der Waals surface area contributed by atoms with E-state index < -0.39 is 6.03 Å². The first-order valence-corrected chi connectivity index (χ1v) is 6.38. The number of nitrogens with two attached hydrogens (primary N) is 1. The molecule has 0 spiro atoms. The Morgan fingerprint density at radius 2 is 2.25 bits per heavy atom. The molecule has 0 saturated heterocycles. The molecule has 3 aromatic rings. The summed E-state index contributed by atoms with van der Waals surface area (Å²) in [6, 6.07) is 9.09. The van der Waals surface area contributed by atoms with Crippen LogP contribution in [0, 0.1) is 0 Å². The summed E-state index contributed by atoms with van der Waals surface area (Å²) in [7, 11) is 0. The molecular formula is C14H12N4O2. The fraction of sp³-hybridized carbons (Fsp3) is 0.143. The molecule has 0 radical (unpaired) electrons. The van der Waals surface area contributed by atoms with Gasteiger partial charge in [-0.15, -0.1) is 0 Å². The first-order chi connectivity index (χ1) is 9.74. The zero-order valence-corrected chi connectivity index (χ0v) is 10.6. The number of furan rings is 1. The van der Waals surface area contributed by atoms with Gasteiger partial charge in [0.2, 0.25) is 0 Å². The van der Waals surface area contributed by atoms with Crippen molar-refractivity contribution in [3.63, 3.8) is 0 Å². The highest BCUT2D eigenvalue weighted by Gasteiger charge is 2.26. The molecule has 100 valence electrons. The molecular weight excluding hydrogens is 256 g/mol. The van der Waals surface area contributed by atoms with Crippen LogP contribution in [0.3, 0.4) is 0 Å². The number of rotatable bonds is 1. The van der Waals surface area contributed by atoms with Crippen LogP contribution in [0.15, 0.2) is 34.7 Å². The topological polar surface area (TPSA) is 86.1 Å². The number of anilines is 1. The summed E-state index contributed by atoms with van der Waals surface area (Å²) in [5.74, 6) is 1.33. The van der Waals surface area contributed by atoms with Crippen LogP contribution in [0.1, 0.15) is 5.56 Å². The molecule has 20 heavy (non-hydrogen) atoms. The average molecular weight is 268 g/mol. The number of hydrogen-bond donors (Lipinski definition) is 2. The Hall–Kier alpha value is -2.76. The number of hydrogen-bond acceptors (Lipinski definition) is 4. The van der Waals surface area contributed by atoms with Crippen molar-refractivity contribution in [1.29, 1.82) is 0 Å². The summed E-state index contributed by atoms with van der Waals surface area (Å²) in [6.07, 6.45) is 0.801. The molecule has 1 aliphatic heterocycles. The van der Waals surface area contributed by atoms with Gasteiger partial charge in [-0.05, 0) is 18.6 Å². The third kappa shape index (κ3) is 1.45. The molecule has 6 nitrogen and oxygen atoms in total. The number of nitrogens with one attached hydrogen (secondary N) is 1. The summed E-state index contributed by atoms with van der Waals surface area (Å²) < 4.78 is 7.02. The maximum Gasteiger partial charge on any atom is 0.341 e. The number of nitrogens with zero attached hydrogens (tertiary/aromatic N) is 2. The van der Waals surface area contributed by atoms with Gasteiger partial charge in [0.25, 0.3) is 0 Å². The van der Waals surface area contributed by atoms with E-state index in [9.17, 15) is 4.79 Å².